The molecule has 3 atom stereocenters. The van der Waals surface area contributed by atoms with Gasteiger partial charge in [0.15, 0.2) is 0 Å². The average Bonchev–Trinajstić information content (AvgIpc) is 3.41. The van der Waals surface area contributed by atoms with Crippen LogP contribution in [0.1, 0.15) is 30.2 Å². The standard InChI is InChI=1S/C23H25N5O3/c1-14-7-6-10-17(11-14)25-23(30)26-19-13-16(21(29)24-2)12-18(19)22-27-20(28-31-22)15-8-4-3-5-9-15/h3-11,16,18-19H,12-13H2,1-2H3,(H,24,29)(H2,25,26,30)/t16-,18-,19+/m1/s1. The molecule has 31 heavy (non-hydrogen) atoms. The first-order chi connectivity index (χ1) is 15.0. The highest BCUT2D eigenvalue weighted by Gasteiger charge is 2.42. The Kier molecular flexibility index (Phi) is 5.97. The van der Waals surface area contributed by atoms with Gasteiger partial charge in [-0.05, 0) is 37.5 Å². The lowest BCUT2D eigenvalue weighted by Gasteiger charge is -2.18. The number of urea groups is 1. The maximum atomic E-state index is 12.6. The molecule has 0 saturated heterocycles. The Hall–Kier alpha value is -3.68. The van der Waals surface area contributed by atoms with Crippen molar-refractivity contribution >= 4 is 17.6 Å². The minimum atomic E-state index is -0.332. The van der Waals surface area contributed by atoms with Crippen molar-refractivity contribution in [3.8, 4) is 11.4 Å². The van der Waals surface area contributed by atoms with E-state index >= 15 is 0 Å². The fourth-order valence-corrected chi connectivity index (χ4v) is 4.04. The molecule has 1 aliphatic rings. The van der Waals surface area contributed by atoms with E-state index in [0.29, 0.717) is 30.2 Å². The van der Waals surface area contributed by atoms with E-state index in [1.165, 1.54) is 0 Å². The van der Waals surface area contributed by atoms with E-state index < -0.39 is 0 Å². The number of anilines is 1. The molecule has 1 heterocycles. The number of carbonyl (C=O) groups excluding carboxylic acids is 2. The zero-order valence-corrected chi connectivity index (χ0v) is 17.5. The first-order valence-corrected chi connectivity index (χ1v) is 10.3. The zero-order chi connectivity index (χ0) is 21.8. The predicted molar refractivity (Wildman–Crippen MR) is 116 cm³/mol. The molecule has 3 aromatic rings. The van der Waals surface area contributed by atoms with Crippen molar-refractivity contribution < 1.29 is 14.1 Å². The molecule has 1 aromatic heterocycles. The van der Waals surface area contributed by atoms with E-state index in [1.54, 1.807) is 7.05 Å². The van der Waals surface area contributed by atoms with Gasteiger partial charge in [0.2, 0.25) is 17.6 Å². The molecule has 0 radical (unpaired) electrons. The fourth-order valence-electron chi connectivity index (χ4n) is 4.04. The van der Waals surface area contributed by atoms with Crippen molar-refractivity contribution in [3.63, 3.8) is 0 Å². The van der Waals surface area contributed by atoms with E-state index in [4.69, 9.17) is 4.52 Å². The quantitative estimate of drug-likeness (QED) is 0.587. The molecule has 2 aromatic carbocycles. The van der Waals surface area contributed by atoms with Crippen LogP contribution in [0.5, 0.6) is 0 Å². The van der Waals surface area contributed by atoms with Crippen LogP contribution in [0.4, 0.5) is 10.5 Å². The van der Waals surface area contributed by atoms with Gasteiger partial charge in [0.05, 0.1) is 5.92 Å². The Morgan fingerprint density at radius 3 is 2.61 bits per heavy atom. The maximum Gasteiger partial charge on any atom is 0.319 e. The van der Waals surface area contributed by atoms with E-state index in [1.807, 2.05) is 61.5 Å². The second kappa shape index (κ2) is 8.99. The number of amides is 3. The number of aryl methyl sites for hydroxylation is 1. The second-order valence-corrected chi connectivity index (χ2v) is 7.79. The Morgan fingerprint density at radius 2 is 1.87 bits per heavy atom. The van der Waals surface area contributed by atoms with E-state index in [-0.39, 0.29) is 29.8 Å². The summed E-state index contributed by atoms with van der Waals surface area (Å²) in [6.07, 6.45) is 1.01. The summed E-state index contributed by atoms with van der Waals surface area (Å²) < 4.78 is 5.55. The van der Waals surface area contributed by atoms with Gasteiger partial charge in [-0.25, -0.2) is 4.79 Å². The number of hydrogen-bond acceptors (Lipinski definition) is 5. The summed E-state index contributed by atoms with van der Waals surface area (Å²) >= 11 is 0. The smallest absolute Gasteiger partial charge is 0.319 e. The van der Waals surface area contributed by atoms with Crippen LogP contribution in [-0.4, -0.2) is 35.2 Å². The Labute approximate surface area is 180 Å². The molecule has 8 nitrogen and oxygen atoms in total. The Balaban J connectivity index is 1.52. The molecule has 1 fully saturated rings. The van der Waals surface area contributed by atoms with Crippen LogP contribution in [0.15, 0.2) is 59.1 Å². The number of hydrogen-bond donors (Lipinski definition) is 3. The minimum Gasteiger partial charge on any atom is -0.359 e. The van der Waals surface area contributed by atoms with Crippen LogP contribution in [0, 0.1) is 12.8 Å². The molecule has 160 valence electrons. The normalized spacial score (nSPS) is 20.3. The molecule has 1 aliphatic carbocycles. The number of aromatic nitrogens is 2. The van der Waals surface area contributed by atoms with Crippen molar-refractivity contribution in [1.82, 2.24) is 20.8 Å². The summed E-state index contributed by atoms with van der Waals surface area (Å²) in [6.45, 7) is 1.96. The van der Waals surface area contributed by atoms with Gasteiger partial charge in [-0.1, -0.05) is 47.6 Å². The zero-order valence-electron chi connectivity index (χ0n) is 17.5. The first-order valence-electron chi connectivity index (χ1n) is 10.3. The van der Waals surface area contributed by atoms with Gasteiger partial charge < -0.3 is 20.5 Å². The molecule has 0 unspecified atom stereocenters. The highest BCUT2D eigenvalue weighted by Crippen LogP contribution is 2.38. The van der Waals surface area contributed by atoms with Gasteiger partial charge in [-0.3, -0.25) is 4.79 Å². The molecule has 8 heteroatoms. The Morgan fingerprint density at radius 1 is 1.06 bits per heavy atom. The van der Waals surface area contributed by atoms with Crippen molar-refractivity contribution in [2.75, 3.05) is 12.4 Å². The average molecular weight is 419 g/mol. The third-order valence-electron chi connectivity index (χ3n) is 5.56. The lowest BCUT2D eigenvalue weighted by atomic mass is 10.0. The van der Waals surface area contributed by atoms with Crippen molar-refractivity contribution in [1.29, 1.82) is 0 Å². The van der Waals surface area contributed by atoms with E-state index in [0.717, 1.165) is 11.1 Å². The SMILES string of the molecule is CNC(=O)[C@H]1C[C@H](NC(=O)Nc2cccc(C)c2)[C@H](c2nc(-c3ccccc3)no2)C1. The molecule has 3 N–H and O–H groups in total. The summed E-state index contributed by atoms with van der Waals surface area (Å²) in [6, 6.07) is 16.5. The van der Waals surface area contributed by atoms with Crippen molar-refractivity contribution in [2.24, 2.45) is 5.92 Å². The predicted octanol–water partition coefficient (Wildman–Crippen LogP) is 3.47. The lowest BCUT2D eigenvalue weighted by molar-refractivity contribution is -0.124. The summed E-state index contributed by atoms with van der Waals surface area (Å²) in [5.41, 5.74) is 2.61. The van der Waals surface area contributed by atoms with Crippen LogP contribution in [0.25, 0.3) is 11.4 Å². The van der Waals surface area contributed by atoms with Crippen molar-refractivity contribution in [2.45, 2.75) is 31.7 Å². The number of nitrogens with zero attached hydrogens (tertiary/aromatic N) is 2. The monoisotopic (exact) mass is 419 g/mol. The maximum absolute atomic E-state index is 12.6. The lowest BCUT2D eigenvalue weighted by Crippen LogP contribution is -2.39. The van der Waals surface area contributed by atoms with Gasteiger partial charge in [-0.2, -0.15) is 4.98 Å². The highest BCUT2D eigenvalue weighted by atomic mass is 16.5. The number of carbonyl (C=O) groups is 2. The van der Waals surface area contributed by atoms with Gasteiger partial charge in [0.1, 0.15) is 0 Å². The minimum absolute atomic E-state index is 0.0591. The number of rotatable bonds is 5. The van der Waals surface area contributed by atoms with E-state index in [2.05, 4.69) is 26.1 Å². The van der Waals surface area contributed by atoms with Crippen LogP contribution in [0.3, 0.4) is 0 Å². The van der Waals surface area contributed by atoms with Crippen LogP contribution >= 0.6 is 0 Å². The first kappa shape index (κ1) is 20.6. The van der Waals surface area contributed by atoms with Gasteiger partial charge >= 0.3 is 6.03 Å². The molecular formula is C23H25N5O3. The second-order valence-electron chi connectivity index (χ2n) is 7.79. The molecule has 0 aliphatic heterocycles. The summed E-state index contributed by atoms with van der Waals surface area (Å²) in [5, 5.41) is 12.6. The highest BCUT2D eigenvalue weighted by molar-refractivity contribution is 5.89. The van der Waals surface area contributed by atoms with Gasteiger partial charge in [-0.15, -0.1) is 0 Å². The molecule has 0 bridgehead atoms. The van der Waals surface area contributed by atoms with Crippen LogP contribution in [0.2, 0.25) is 0 Å². The molecule has 3 amide bonds. The van der Waals surface area contributed by atoms with Crippen molar-refractivity contribution in [3.05, 3.63) is 66.1 Å². The van der Waals surface area contributed by atoms with Gasteiger partial charge in [0.25, 0.3) is 0 Å². The third-order valence-corrected chi connectivity index (χ3v) is 5.56. The largest absolute Gasteiger partial charge is 0.359 e. The van der Waals surface area contributed by atoms with E-state index in [9.17, 15) is 9.59 Å². The third kappa shape index (κ3) is 4.74. The molecular weight excluding hydrogens is 394 g/mol. The molecule has 1 saturated carbocycles. The summed E-state index contributed by atoms with van der Waals surface area (Å²) in [7, 11) is 1.61. The molecule has 0 spiro atoms. The summed E-state index contributed by atoms with van der Waals surface area (Å²) in [5.74, 6) is 0.353. The fraction of sp³-hybridized carbons (Fsp3) is 0.304. The van der Waals surface area contributed by atoms with Gasteiger partial charge in [0, 0.05) is 30.3 Å². The molecule has 4 rings (SSSR count). The number of benzene rings is 2. The Bertz CT molecular complexity index is 1070. The summed E-state index contributed by atoms with van der Waals surface area (Å²) in [4.78, 5) is 29.5. The topological polar surface area (TPSA) is 109 Å². The number of nitrogens with one attached hydrogen (secondary N) is 3. The van der Waals surface area contributed by atoms with Crippen LogP contribution in [-0.2, 0) is 4.79 Å². The van der Waals surface area contributed by atoms with Crippen LogP contribution < -0.4 is 16.0 Å².